The van der Waals surface area contributed by atoms with Crippen molar-refractivity contribution < 1.29 is 22.3 Å². The molecule has 0 saturated carbocycles. The lowest BCUT2D eigenvalue weighted by molar-refractivity contribution is -0.134. The summed E-state index contributed by atoms with van der Waals surface area (Å²) in [5.41, 5.74) is 0.755. The first kappa shape index (κ1) is 23.0. The molecule has 2 saturated heterocycles. The van der Waals surface area contributed by atoms with Crippen LogP contribution in [0.4, 0.5) is 9.52 Å². The van der Waals surface area contributed by atoms with E-state index in [9.17, 15) is 17.6 Å². The van der Waals surface area contributed by atoms with Crippen LogP contribution in [0.2, 0.25) is 0 Å². The Labute approximate surface area is 201 Å². The van der Waals surface area contributed by atoms with Crippen molar-refractivity contribution >= 4 is 42.6 Å². The van der Waals surface area contributed by atoms with Gasteiger partial charge in [-0.1, -0.05) is 11.3 Å². The molecule has 0 spiro atoms. The summed E-state index contributed by atoms with van der Waals surface area (Å²) in [6, 6.07) is 10.1. The van der Waals surface area contributed by atoms with Crippen LogP contribution in [0.3, 0.4) is 0 Å². The highest BCUT2D eigenvalue weighted by atomic mass is 32.2. The highest BCUT2D eigenvalue weighted by Gasteiger charge is 2.41. The van der Waals surface area contributed by atoms with Gasteiger partial charge in [0.05, 0.1) is 22.2 Å². The first-order chi connectivity index (χ1) is 16.4. The van der Waals surface area contributed by atoms with E-state index in [0.717, 1.165) is 15.3 Å². The summed E-state index contributed by atoms with van der Waals surface area (Å²) in [6.45, 7) is 2.47. The van der Waals surface area contributed by atoms with E-state index in [1.165, 1.54) is 47.0 Å². The molecule has 0 aliphatic carbocycles. The van der Waals surface area contributed by atoms with Gasteiger partial charge >= 0.3 is 0 Å². The molecule has 1 unspecified atom stereocenters. The molecule has 3 aromatic rings. The van der Waals surface area contributed by atoms with Crippen molar-refractivity contribution in [1.82, 2.24) is 14.2 Å². The van der Waals surface area contributed by atoms with Crippen LogP contribution in [0.25, 0.3) is 10.2 Å². The minimum absolute atomic E-state index is 0.152. The Morgan fingerprint density at radius 2 is 1.82 bits per heavy atom. The number of carbonyl (C=O) groups excluding carboxylic acids is 1. The number of piperazine rings is 1. The number of halogens is 1. The molecule has 8 nitrogen and oxygen atoms in total. The maximum absolute atomic E-state index is 13.5. The minimum Gasteiger partial charge on any atom is -0.497 e. The zero-order valence-electron chi connectivity index (χ0n) is 18.7. The fourth-order valence-electron chi connectivity index (χ4n) is 4.51. The summed E-state index contributed by atoms with van der Waals surface area (Å²) in [7, 11) is -2.26. The molecule has 0 N–H and O–H groups in total. The van der Waals surface area contributed by atoms with Crippen LogP contribution >= 0.6 is 11.3 Å². The maximum Gasteiger partial charge on any atom is 0.243 e. The number of anilines is 1. The quantitative estimate of drug-likeness (QED) is 0.531. The number of aromatic nitrogens is 1. The maximum atomic E-state index is 13.5. The predicted octanol–water partition coefficient (Wildman–Crippen LogP) is 2.95. The third-order valence-corrected chi connectivity index (χ3v) is 9.36. The molecule has 2 fully saturated rings. The van der Waals surface area contributed by atoms with Crippen molar-refractivity contribution in [3.8, 4) is 5.75 Å². The van der Waals surface area contributed by atoms with Crippen LogP contribution in [-0.4, -0.2) is 74.4 Å². The highest BCUT2D eigenvalue weighted by Crippen LogP contribution is 2.31. The molecule has 3 heterocycles. The second kappa shape index (κ2) is 9.12. The zero-order chi connectivity index (χ0) is 23.9. The van der Waals surface area contributed by atoms with Gasteiger partial charge in [0.2, 0.25) is 15.9 Å². The molecular weight excluding hydrogens is 479 g/mol. The molecule has 2 aliphatic rings. The summed E-state index contributed by atoms with van der Waals surface area (Å²) in [5.74, 6) is 0.133. The van der Waals surface area contributed by atoms with Gasteiger partial charge in [0, 0.05) is 32.7 Å². The SMILES string of the molecule is COc1ccc(S(=O)(=O)N2CCCC2C(=O)N2CCN(c3nc4ccc(F)cc4s3)CC2)cc1. The number of ether oxygens (including phenoxy) is 1. The van der Waals surface area contributed by atoms with Crippen LogP contribution in [0.5, 0.6) is 5.75 Å². The Hall–Kier alpha value is -2.76. The second-order valence-corrected chi connectivity index (χ2v) is 11.3. The van der Waals surface area contributed by atoms with Crippen molar-refractivity contribution in [3.05, 3.63) is 48.3 Å². The van der Waals surface area contributed by atoms with Crippen LogP contribution in [0, 0.1) is 5.82 Å². The Bertz CT molecular complexity index is 1300. The van der Waals surface area contributed by atoms with Gasteiger partial charge < -0.3 is 14.5 Å². The minimum atomic E-state index is -3.79. The van der Waals surface area contributed by atoms with E-state index >= 15 is 0 Å². The number of hydrogen-bond acceptors (Lipinski definition) is 7. The van der Waals surface area contributed by atoms with Crippen LogP contribution in [0.1, 0.15) is 12.8 Å². The van der Waals surface area contributed by atoms with Gasteiger partial charge in [-0.05, 0) is 55.3 Å². The zero-order valence-corrected chi connectivity index (χ0v) is 20.3. The second-order valence-electron chi connectivity index (χ2n) is 8.37. The molecule has 0 radical (unpaired) electrons. The van der Waals surface area contributed by atoms with Gasteiger partial charge in [0.15, 0.2) is 5.13 Å². The molecule has 11 heteroatoms. The highest BCUT2D eigenvalue weighted by molar-refractivity contribution is 7.89. The van der Waals surface area contributed by atoms with Crippen molar-refractivity contribution in [2.75, 3.05) is 44.7 Å². The number of nitrogens with zero attached hydrogens (tertiary/aromatic N) is 4. The number of sulfonamides is 1. The summed E-state index contributed by atoms with van der Waals surface area (Å²) in [6.07, 6.45) is 1.16. The van der Waals surface area contributed by atoms with Crippen molar-refractivity contribution in [3.63, 3.8) is 0 Å². The van der Waals surface area contributed by atoms with Crippen LogP contribution < -0.4 is 9.64 Å². The number of rotatable bonds is 5. The fraction of sp³-hybridized carbons (Fsp3) is 0.391. The predicted molar refractivity (Wildman–Crippen MR) is 128 cm³/mol. The summed E-state index contributed by atoms with van der Waals surface area (Å²) in [4.78, 5) is 21.9. The molecule has 2 aliphatic heterocycles. The van der Waals surface area contributed by atoms with Crippen LogP contribution in [-0.2, 0) is 14.8 Å². The summed E-state index contributed by atoms with van der Waals surface area (Å²) in [5, 5.41) is 0.803. The monoisotopic (exact) mass is 504 g/mol. The Balaban J connectivity index is 1.26. The number of benzene rings is 2. The number of amides is 1. The lowest BCUT2D eigenvalue weighted by Crippen LogP contribution is -2.54. The average Bonchev–Trinajstić information content (AvgIpc) is 3.51. The molecule has 5 rings (SSSR count). The average molecular weight is 505 g/mol. The molecule has 34 heavy (non-hydrogen) atoms. The normalized spacial score (nSPS) is 19.6. The largest absolute Gasteiger partial charge is 0.497 e. The Morgan fingerprint density at radius 3 is 2.53 bits per heavy atom. The summed E-state index contributed by atoms with van der Waals surface area (Å²) >= 11 is 1.43. The first-order valence-corrected chi connectivity index (χ1v) is 13.4. The molecule has 0 bridgehead atoms. The van der Waals surface area contributed by atoms with E-state index in [-0.39, 0.29) is 16.6 Å². The van der Waals surface area contributed by atoms with Gasteiger partial charge in [0.25, 0.3) is 0 Å². The van der Waals surface area contributed by atoms with Crippen molar-refractivity contribution in [1.29, 1.82) is 0 Å². The first-order valence-electron chi connectivity index (χ1n) is 11.1. The molecule has 1 amide bonds. The van der Waals surface area contributed by atoms with Crippen molar-refractivity contribution in [2.24, 2.45) is 0 Å². The van der Waals surface area contributed by atoms with Crippen molar-refractivity contribution in [2.45, 2.75) is 23.8 Å². The lowest BCUT2D eigenvalue weighted by atomic mass is 10.2. The van der Waals surface area contributed by atoms with E-state index in [1.807, 2.05) is 0 Å². The van der Waals surface area contributed by atoms with E-state index < -0.39 is 16.1 Å². The summed E-state index contributed by atoms with van der Waals surface area (Å²) < 4.78 is 47.2. The van der Waals surface area contributed by atoms with Gasteiger partial charge in [-0.25, -0.2) is 17.8 Å². The van der Waals surface area contributed by atoms with Gasteiger partial charge in [0.1, 0.15) is 17.6 Å². The third-order valence-electron chi connectivity index (χ3n) is 6.36. The van der Waals surface area contributed by atoms with Crippen LogP contribution in [0.15, 0.2) is 47.4 Å². The van der Waals surface area contributed by atoms with E-state index in [0.29, 0.717) is 51.3 Å². The van der Waals surface area contributed by atoms with E-state index in [2.05, 4.69) is 9.88 Å². The topological polar surface area (TPSA) is 83.0 Å². The third kappa shape index (κ3) is 4.23. The standard InChI is InChI=1S/C23H25FN4O4S2/c1-32-17-5-7-18(8-6-17)34(30,31)28-10-2-3-20(28)22(29)26-11-13-27(14-12-26)23-25-19-9-4-16(24)15-21(19)33-23/h4-9,15,20H,2-3,10-14H2,1H3. The fourth-order valence-corrected chi connectivity index (χ4v) is 7.20. The number of methoxy groups -OCH3 is 1. The van der Waals surface area contributed by atoms with Gasteiger partial charge in [-0.2, -0.15) is 4.31 Å². The van der Waals surface area contributed by atoms with E-state index in [1.54, 1.807) is 23.1 Å². The molecule has 180 valence electrons. The Morgan fingerprint density at radius 1 is 1.09 bits per heavy atom. The number of thiazole rings is 1. The lowest BCUT2D eigenvalue weighted by Gasteiger charge is -2.37. The molecule has 2 aromatic carbocycles. The number of fused-ring (bicyclic) bond motifs is 1. The van der Waals surface area contributed by atoms with Gasteiger partial charge in [-0.15, -0.1) is 0 Å². The Kier molecular flexibility index (Phi) is 6.17. The van der Waals surface area contributed by atoms with E-state index in [4.69, 9.17) is 4.74 Å². The molecule has 1 aromatic heterocycles. The molecular formula is C23H25FN4O4S2. The smallest absolute Gasteiger partial charge is 0.243 e. The molecule has 1 atom stereocenters. The number of hydrogen-bond donors (Lipinski definition) is 0. The number of carbonyl (C=O) groups is 1. The van der Waals surface area contributed by atoms with Gasteiger partial charge in [-0.3, -0.25) is 4.79 Å².